The van der Waals surface area contributed by atoms with Crippen LogP contribution in [0.2, 0.25) is 0 Å². The molecular weight excluding hydrogens is 314 g/mol. The van der Waals surface area contributed by atoms with Gasteiger partial charge in [-0.25, -0.2) is 0 Å². The minimum absolute atomic E-state index is 0.124. The minimum atomic E-state index is -0.437. The van der Waals surface area contributed by atoms with Gasteiger partial charge in [-0.1, -0.05) is 30.2 Å². The van der Waals surface area contributed by atoms with Crippen molar-refractivity contribution in [1.82, 2.24) is 4.90 Å². The molecule has 3 unspecified atom stereocenters. The zero-order valence-electron chi connectivity index (χ0n) is 15.5. The molecule has 4 heteroatoms. The number of piperidine rings is 1. The number of ether oxygens (including phenoxy) is 2. The predicted octanol–water partition coefficient (Wildman–Crippen LogP) is 3.71. The molecule has 1 N–H and O–H groups in total. The molecular formula is C21H31NO3. The summed E-state index contributed by atoms with van der Waals surface area (Å²) in [5.74, 6) is 0.803. The van der Waals surface area contributed by atoms with Gasteiger partial charge in [-0.15, -0.1) is 0 Å². The quantitative estimate of drug-likeness (QED) is 0.798. The first-order chi connectivity index (χ1) is 12.1. The summed E-state index contributed by atoms with van der Waals surface area (Å²) in [7, 11) is 0. The number of likely N-dealkylation sites (tertiary alicyclic amines) is 1. The number of hydrogen-bond acceptors (Lipinski definition) is 4. The van der Waals surface area contributed by atoms with E-state index in [2.05, 4.69) is 37.0 Å². The Labute approximate surface area is 151 Å². The highest BCUT2D eigenvalue weighted by molar-refractivity contribution is 5.30. The molecule has 1 saturated heterocycles. The van der Waals surface area contributed by atoms with Gasteiger partial charge in [0.15, 0.2) is 0 Å². The van der Waals surface area contributed by atoms with Gasteiger partial charge in [0, 0.05) is 6.54 Å². The minimum Gasteiger partial charge on any atom is -0.491 e. The Balaban J connectivity index is 1.46. The molecule has 0 spiro atoms. The van der Waals surface area contributed by atoms with Crippen molar-refractivity contribution in [3.05, 3.63) is 41.5 Å². The summed E-state index contributed by atoms with van der Waals surface area (Å²) in [5.41, 5.74) is 2.56. The molecule has 0 aromatic heterocycles. The second-order valence-corrected chi connectivity index (χ2v) is 7.44. The fraction of sp³-hybridized carbons (Fsp3) is 0.619. The van der Waals surface area contributed by atoms with Crippen LogP contribution in [0.1, 0.15) is 51.2 Å². The standard InChI is InChI=1S/C21H31NO3/c1-16-12-17(2)25-21(13-16)18-6-8-20(9-7-18)24-15-19(23)14-22-10-4-3-5-11-22/h6-9,12,17,19,21,23H,3-5,10-11,13-15H2,1-2H3. The summed E-state index contributed by atoms with van der Waals surface area (Å²) >= 11 is 0. The maximum absolute atomic E-state index is 10.2. The van der Waals surface area contributed by atoms with Gasteiger partial charge in [-0.05, 0) is 63.9 Å². The third-order valence-electron chi connectivity index (χ3n) is 5.02. The van der Waals surface area contributed by atoms with E-state index in [4.69, 9.17) is 9.47 Å². The second-order valence-electron chi connectivity index (χ2n) is 7.44. The lowest BCUT2D eigenvalue weighted by Gasteiger charge is -2.28. The third-order valence-corrected chi connectivity index (χ3v) is 5.02. The van der Waals surface area contributed by atoms with E-state index in [1.165, 1.54) is 30.4 Å². The topological polar surface area (TPSA) is 41.9 Å². The molecule has 1 aromatic rings. The molecule has 0 bridgehead atoms. The number of β-amino-alcohol motifs (C(OH)–C–C–N with tert-alkyl or cyclic N) is 1. The first-order valence-corrected chi connectivity index (χ1v) is 9.56. The summed E-state index contributed by atoms with van der Waals surface area (Å²) in [4.78, 5) is 2.33. The zero-order valence-corrected chi connectivity index (χ0v) is 15.5. The summed E-state index contributed by atoms with van der Waals surface area (Å²) in [6.45, 7) is 7.48. The molecule has 138 valence electrons. The van der Waals surface area contributed by atoms with E-state index in [1.54, 1.807) is 0 Å². The molecule has 3 rings (SSSR count). The summed E-state index contributed by atoms with van der Waals surface area (Å²) in [6.07, 6.45) is 6.77. The Bertz CT molecular complexity index is 563. The first-order valence-electron chi connectivity index (χ1n) is 9.56. The number of nitrogens with zero attached hydrogens (tertiary/aromatic N) is 1. The lowest BCUT2D eigenvalue weighted by molar-refractivity contribution is 0.0113. The zero-order chi connectivity index (χ0) is 17.6. The number of rotatable bonds is 6. The molecule has 0 radical (unpaired) electrons. The second kappa shape index (κ2) is 8.84. The van der Waals surface area contributed by atoms with E-state index in [9.17, 15) is 5.11 Å². The lowest BCUT2D eigenvalue weighted by Crippen LogP contribution is -2.38. The van der Waals surface area contributed by atoms with Crippen LogP contribution >= 0.6 is 0 Å². The van der Waals surface area contributed by atoms with Gasteiger partial charge in [0.25, 0.3) is 0 Å². The van der Waals surface area contributed by atoms with Crippen molar-refractivity contribution in [2.24, 2.45) is 0 Å². The number of benzene rings is 1. The van der Waals surface area contributed by atoms with Gasteiger partial charge in [0.1, 0.15) is 18.5 Å². The average molecular weight is 345 g/mol. The van der Waals surface area contributed by atoms with Crippen LogP contribution in [0.5, 0.6) is 5.75 Å². The van der Waals surface area contributed by atoms with Crippen LogP contribution in [0, 0.1) is 0 Å². The highest BCUT2D eigenvalue weighted by atomic mass is 16.5. The van der Waals surface area contributed by atoms with Crippen LogP contribution in [-0.2, 0) is 4.74 Å². The maximum atomic E-state index is 10.2. The molecule has 2 aliphatic rings. The van der Waals surface area contributed by atoms with Gasteiger partial charge in [-0.2, -0.15) is 0 Å². The Morgan fingerprint density at radius 3 is 2.60 bits per heavy atom. The van der Waals surface area contributed by atoms with E-state index >= 15 is 0 Å². The third kappa shape index (κ3) is 5.56. The molecule has 2 aliphatic heterocycles. The Kier molecular flexibility index (Phi) is 6.51. The van der Waals surface area contributed by atoms with Crippen molar-refractivity contribution in [2.45, 2.75) is 57.8 Å². The predicted molar refractivity (Wildman–Crippen MR) is 99.9 cm³/mol. The fourth-order valence-electron chi connectivity index (χ4n) is 3.77. The smallest absolute Gasteiger partial charge is 0.119 e. The van der Waals surface area contributed by atoms with Gasteiger partial charge >= 0.3 is 0 Å². The normalized spacial score (nSPS) is 26.1. The van der Waals surface area contributed by atoms with Gasteiger partial charge in [0.05, 0.1) is 12.2 Å². The highest BCUT2D eigenvalue weighted by Gasteiger charge is 2.20. The van der Waals surface area contributed by atoms with E-state index in [1.807, 2.05) is 12.1 Å². The number of hydrogen-bond donors (Lipinski definition) is 1. The van der Waals surface area contributed by atoms with E-state index in [0.717, 1.165) is 25.3 Å². The van der Waals surface area contributed by atoms with Crippen LogP contribution in [0.3, 0.4) is 0 Å². The van der Waals surface area contributed by atoms with E-state index < -0.39 is 6.10 Å². The molecule has 4 nitrogen and oxygen atoms in total. The lowest BCUT2D eigenvalue weighted by atomic mass is 9.98. The van der Waals surface area contributed by atoms with Crippen LogP contribution in [0.25, 0.3) is 0 Å². The van der Waals surface area contributed by atoms with Crippen LogP contribution < -0.4 is 4.74 Å². The SMILES string of the molecule is CC1=CC(C)OC(c2ccc(OCC(O)CN3CCCCC3)cc2)C1. The fourth-order valence-corrected chi connectivity index (χ4v) is 3.77. The molecule has 3 atom stereocenters. The molecule has 0 saturated carbocycles. The molecule has 1 aromatic carbocycles. The van der Waals surface area contributed by atoms with E-state index in [-0.39, 0.29) is 12.2 Å². The Hall–Kier alpha value is -1.36. The van der Waals surface area contributed by atoms with Crippen molar-refractivity contribution < 1.29 is 14.6 Å². The van der Waals surface area contributed by atoms with Gasteiger partial charge in [-0.3, -0.25) is 0 Å². The van der Waals surface area contributed by atoms with Crippen molar-refractivity contribution in [2.75, 3.05) is 26.2 Å². The van der Waals surface area contributed by atoms with Crippen LogP contribution in [0.15, 0.2) is 35.9 Å². The molecule has 2 heterocycles. The van der Waals surface area contributed by atoms with Gasteiger partial charge in [0.2, 0.25) is 0 Å². The van der Waals surface area contributed by atoms with E-state index in [0.29, 0.717) is 13.2 Å². The summed E-state index contributed by atoms with van der Waals surface area (Å²) < 4.78 is 11.8. The van der Waals surface area contributed by atoms with Gasteiger partial charge < -0.3 is 19.5 Å². The average Bonchev–Trinajstić information content (AvgIpc) is 2.60. The molecule has 0 aliphatic carbocycles. The number of aliphatic hydroxyl groups excluding tert-OH is 1. The first kappa shape index (κ1) is 18.4. The summed E-state index contributed by atoms with van der Waals surface area (Å²) in [5, 5.41) is 10.2. The van der Waals surface area contributed by atoms with Crippen LogP contribution in [0.4, 0.5) is 0 Å². The van der Waals surface area contributed by atoms with Crippen molar-refractivity contribution >= 4 is 0 Å². The van der Waals surface area contributed by atoms with Crippen molar-refractivity contribution in [3.8, 4) is 5.75 Å². The Morgan fingerprint density at radius 2 is 1.92 bits per heavy atom. The molecule has 25 heavy (non-hydrogen) atoms. The molecule has 1 fully saturated rings. The van der Waals surface area contributed by atoms with Crippen molar-refractivity contribution in [1.29, 1.82) is 0 Å². The van der Waals surface area contributed by atoms with Crippen molar-refractivity contribution in [3.63, 3.8) is 0 Å². The Morgan fingerprint density at radius 1 is 1.20 bits per heavy atom. The number of aliphatic hydroxyl groups is 1. The highest BCUT2D eigenvalue weighted by Crippen LogP contribution is 2.31. The largest absolute Gasteiger partial charge is 0.491 e. The monoisotopic (exact) mass is 345 g/mol. The van der Waals surface area contributed by atoms with Crippen LogP contribution in [-0.4, -0.2) is 48.5 Å². The molecule has 0 amide bonds. The maximum Gasteiger partial charge on any atom is 0.119 e. The summed E-state index contributed by atoms with van der Waals surface area (Å²) in [6, 6.07) is 8.10.